The third kappa shape index (κ3) is 3.20. The van der Waals surface area contributed by atoms with Crippen molar-refractivity contribution in [3.8, 4) is 5.69 Å². The molecule has 1 aromatic heterocycles. The van der Waals surface area contributed by atoms with Gasteiger partial charge in [-0.15, -0.1) is 0 Å². The van der Waals surface area contributed by atoms with Crippen molar-refractivity contribution in [1.29, 1.82) is 0 Å². The van der Waals surface area contributed by atoms with Crippen LogP contribution in [-0.4, -0.2) is 22.2 Å². The second-order valence-corrected chi connectivity index (χ2v) is 4.44. The van der Waals surface area contributed by atoms with Crippen molar-refractivity contribution in [2.45, 2.75) is 13.3 Å². The third-order valence-corrected chi connectivity index (χ3v) is 2.96. The highest BCUT2D eigenvalue weighted by molar-refractivity contribution is 5.94. The number of para-hydroxylation sites is 2. The van der Waals surface area contributed by atoms with Gasteiger partial charge in [0.25, 0.3) is 0 Å². The van der Waals surface area contributed by atoms with Crippen molar-refractivity contribution in [1.82, 2.24) is 9.78 Å². The van der Waals surface area contributed by atoms with Gasteiger partial charge >= 0.3 is 0 Å². The molecular weight excluding hydrogens is 240 g/mol. The summed E-state index contributed by atoms with van der Waals surface area (Å²) in [6.45, 7) is 2.38. The van der Waals surface area contributed by atoms with E-state index in [1.54, 1.807) is 10.9 Å². The summed E-state index contributed by atoms with van der Waals surface area (Å²) < 4.78 is 1.73. The lowest BCUT2D eigenvalue weighted by atomic mass is 10.1. The molecule has 0 saturated heterocycles. The lowest BCUT2D eigenvalue weighted by Crippen LogP contribution is -2.23. The fourth-order valence-electron chi connectivity index (χ4n) is 1.83. The normalized spacial score (nSPS) is 12.1. The van der Waals surface area contributed by atoms with E-state index in [1.165, 1.54) is 0 Å². The number of hydrogen-bond donors (Lipinski definition) is 2. The Morgan fingerprint density at radius 2 is 2.21 bits per heavy atom. The Hall–Kier alpha value is -2.14. The number of rotatable bonds is 5. The summed E-state index contributed by atoms with van der Waals surface area (Å²) in [5, 5.41) is 7.11. The predicted molar refractivity (Wildman–Crippen MR) is 75.0 cm³/mol. The van der Waals surface area contributed by atoms with Gasteiger partial charge < -0.3 is 11.1 Å². The molecule has 100 valence electrons. The van der Waals surface area contributed by atoms with E-state index in [9.17, 15) is 4.79 Å². The summed E-state index contributed by atoms with van der Waals surface area (Å²) >= 11 is 0. The maximum atomic E-state index is 12.0. The maximum Gasteiger partial charge on any atom is 0.227 e. The fraction of sp³-hybridized carbons (Fsp3) is 0.286. The van der Waals surface area contributed by atoms with Gasteiger partial charge in [-0.1, -0.05) is 19.1 Å². The first kappa shape index (κ1) is 13.3. The second kappa shape index (κ2) is 6.15. The van der Waals surface area contributed by atoms with Crippen LogP contribution < -0.4 is 11.1 Å². The monoisotopic (exact) mass is 258 g/mol. The van der Waals surface area contributed by atoms with Gasteiger partial charge in [-0.3, -0.25) is 4.79 Å². The summed E-state index contributed by atoms with van der Waals surface area (Å²) in [6, 6.07) is 9.42. The van der Waals surface area contributed by atoms with Gasteiger partial charge in [-0.25, -0.2) is 4.68 Å². The van der Waals surface area contributed by atoms with Gasteiger partial charge in [0.1, 0.15) is 0 Å². The molecule has 5 heteroatoms. The van der Waals surface area contributed by atoms with Crippen LogP contribution in [0, 0.1) is 5.92 Å². The molecule has 1 aromatic carbocycles. The van der Waals surface area contributed by atoms with Crippen molar-refractivity contribution in [3.05, 3.63) is 42.7 Å². The number of carbonyl (C=O) groups excluding carboxylic acids is 1. The SMILES string of the molecule is CC(CCN)C(=O)Nc1ccccc1-n1cccn1. The van der Waals surface area contributed by atoms with Gasteiger partial charge in [0.15, 0.2) is 0 Å². The summed E-state index contributed by atoms with van der Waals surface area (Å²) in [4.78, 5) is 12.0. The number of hydrogen-bond acceptors (Lipinski definition) is 3. The smallest absolute Gasteiger partial charge is 0.227 e. The molecule has 3 N–H and O–H groups in total. The van der Waals surface area contributed by atoms with E-state index < -0.39 is 0 Å². The molecule has 0 aliphatic rings. The van der Waals surface area contributed by atoms with Gasteiger partial charge in [0.2, 0.25) is 5.91 Å². The highest BCUT2D eigenvalue weighted by Gasteiger charge is 2.14. The molecule has 0 aliphatic carbocycles. The van der Waals surface area contributed by atoms with Crippen LogP contribution in [0.4, 0.5) is 5.69 Å². The van der Waals surface area contributed by atoms with E-state index in [0.717, 1.165) is 11.4 Å². The quantitative estimate of drug-likeness (QED) is 0.858. The Kier molecular flexibility index (Phi) is 4.30. The average molecular weight is 258 g/mol. The first-order valence-electron chi connectivity index (χ1n) is 6.32. The van der Waals surface area contributed by atoms with E-state index in [2.05, 4.69) is 10.4 Å². The summed E-state index contributed by atoms with van der Waals surface area (Å²) in [7, 11) is 0. The van der Waals surface area contributed by atoms with E-state index in [1.807, 2.05) is 43.5 Å². The minimum Gasteiger partial charge on any atom is -0.330 e. The number of amides is 1. The minimum atomic E-state index is -0.101. The largest absolute Gasteiger partial charge is 0.330 e. The number of nitrogens with two attached hydrogens (primary N) is 1. The summed E-state index contributed by atoms with van der Waals surface area (Å²) in [6.07, 6.45) is 4.22. The average Bonchev–Trinajstić information content (AvgIpc) is 2.93. The molecule has 1 unspecified atom stereocenters. The Morgan fingerprint density at radius 1 is 1.42 bits per heavy atom. The molecular formula is C14H18N4O. The lowest BCUT2D eigenvalue weighted by Gasteiger charge is -2.14. The first-order chi connectivity index (χ1) is 9.22. The van der Waals surface area contributed by atoms with Crippen LogP contribution in [0.5, 0.6) is 0 Å². The molecule has 5 nitrogen and oxygen atoms in total. The number of carbonyl (C=O) groups is 1. The second-order valence-electron chi connectivity index (χ2n) is 4.44. The van der Waals surface area contributed by atoms with E-state index in [0.29, 0.717) is 13.0 Å². The van der Waals surface area contributed by atoms with Crippen LogP contribution in [0.25, 0.3) is 5.69 Å². The molecule has 2 rings (SSSR count). The van der Waals surface area contributed by atoms with E-state index >= 15 is 0 Å². The Morgan fingerprint density at radius 3 is 2.89 bits per heavy atom. The zero-order chi connectivity index (χ0) is 13.7. The summed E-state index contributed by atoms with van der Waals surface area (Å²) in [5.41, 5.74) is 7.07. The molecule has 19 heavy (non-hydrogen) atoms. The standard InChI is InChI=1S/C14H18N4O/c1-11(7-8-15)14(19)17-12-5-2-3-6-13(12)18-10-4-9-16-18/h2-6,9-11H,7-8,15H2,1H3,(H,17,19). The number of nitrogens with one attached hydrogen (secondary N) is 1. The molecule has 2 aromatic rings. The molecule has 0 aliphatic heterocycles. The van der Waals surface area contributed by atoms with Crippen molar-refractivity contribution < 1.29 is 4.79 Å². The van der Waals surface area contributed by atoms with Crippen molar-refractivity contribution in [2.24, 2.45) is 11.7 Å². The van der Waals surface area contributed by atoms with Crippen LogP contribution in [0.15, 0.2) is 42.7 Å². The maximum absolute atomic E-state index is 12.0. The highest BCUT2D eigenvalue weighted by atomic mass is 16.1. The Balaban J connectivity index is 2.19. The zero-order valence-corrected chi connectivity index (χ0v) is 10.9. The topological polar surface area (TPSA) is 72.9 Å². The van der Waals surface area contributed by atoms with Crippen LogP contribution in [0.2, 0.25) is 0 Å². The molecule has 1 atom stereocenters. The van der Waals surface area contributed by atoms with E-state index in [-0.39, 0.29) is 11.8 Å². The summed E-state index contributed by atoms with van der Waals surface area (Å²) in [5.74, 6) is -0.124. The lowest BCUT2D eigenvalue weighted by molar-refractivity contribution is -0.119. The van der Waals surface area contributed by atoms with Crippen molar-refractivity contribution in [2.75, 3.05) is 11.9 Å². The number of anilines is 1. The molecule has 0 radical (unpaired) electrons. The third-order valence-electron chi connectivity index (χ3n) is 2.96. The molecule has 0 spiro atoms. The van der Waals surface area contributed by atoms with Gasteiger partial charge in [-0.2, -0.15) is 5.10 Å². The minimum absolute atomic E-state index is 0.0231. The van der Waals surface area contributed by atoms with Gasteiger partial charge in [-0.05, 0) is 31.2 Å². The van der Waals surface area contributed by atoms with Crippen LogP contribution >= 0.6 is 0 Å². The fourth-order valence-corrected chi connectivity index (χ4v) is 1.83. The number of nitrogens with zero attached hydrogens (tertiary/aromatic N) is 2. The Bertz CT molecular complexity index is 536. The first-order valence-corrected chi connectivity index (χ1v) is 6.32. The zero-order valence-electron chi connectivity index (χ0n) is 10.9. The van der Waals surface area contributed by atoms with Crippen LogP contribution in [-0.2, 0) is 4.79 Å². The molecule has 0 bridgehead atoms. The molecule has 0 saturated carbocycles. The van der Waals surface area contributed by atoms with Crippen molar-refractivity contribution >= 4 is 11.6 Å². The van der Waals surface area contributed by atoms with E-state index in [4.69, 9.17) is 5.73 Å². The molecule has 1 heterocycles. The van der Waals surface area contributed by atoms with Crippen LogP contribution in [0.3, 0.4) is 0 Å². The van der Waals surface area contributed by atoms with Gasteiger partial charge in [0, 0.05) is 18.3 Å². The number of benzene rings is 1. The van der Waals surface area contributed by atoms with Crippen molar-refractivity contribution in [3.63, 3.8) is 0 Å². The molecule has 1 amide bonds. The van der Waals surface area contributed by atoms with Crippen LogP contribution in [0.1, 0.15) is 13.3 Å². The number of aromatic nitrogens is 2. The Labute approximate surface area is 112 Å². The predicted octanol–water partition coefficient (Wildman–Crippen LogP) is 1.80. The highest BCUT2D eigenvalue weighted by Crippen LogP contribution is 2.20. The molecule has 0 fully saturated rings. The van der Waals surface area contributed by atoms with Gasteiger partial charge in [0.05, 0.1) is 11.4 Å².